The second kappa shape index (κ2) is 11.1. The summed E-state index contributed by atoms with van der Waals surface area (Å²) >= 11 is 2.61. The highest BCUT2D eigenvalue weighted by molar-refractivity contribution is 14.1. The van der Waals surface area contributed by atoms with Crippen LogP contribution in [-0.2, 0) is 18.9 Å². The lowest BCUT2D eigenvalue weighted by molar-refractivity contribution is -0.242. The van der Waals surface area contributed by atoms with Crippen molar-refractivity contribution < 1.29 is 18.9 Å². The second-order valence-corrected chi connectivity index (χ2v) is 14.4. The quantitative estimate of drug-likeness (QED) is 0.222. The third-order valence-corrected chi connectivity index (χ3v) is 12.9. The molecule has 4 nitrogen and oxygen atoms in total. The van der Waals surface area contributed by atoms with E-state index in [0.29, 0.717) is 11.3 Å². The van der Waals surface area contributed by atoms with E-state index < -0.39 is 0 Å². The third-order valence-electron chi connectivity index (χ3n) is 11.5. The summed E-state index contributed by atoms with van der Waals surface area (Å²) in [5.41, 5.74) is 3.78. The highest BCUT2D eigenvalue weighted by Gasteiger charge is 2.59. The number of alkyl halides is 1. The van der Waals surface area contributed by atoms with Crippen LogP contribution in [0.5, 0.6) is 0 Å². The van der Waals surface area contributed by atoms with Crippen molar-refractivity contribution >= 4 is 22.6 Å². The average molecular weight is 625 g/mol. The molecule has 0 amide bonds. The van der Waals surface area contributed by atoms with E-state index in [4.69, 9.17) is 18.9 Å². The van der Waals surface area contributed by atoms with Crippen LogP contribution in [0.2, 0.25) is 0 Å². The van der Waals surface area contributed by atoms with Crippen LogP contribution in [0.15, 0.2) is 23.3 Å². The summed E-state index contributed by atoms with van der Waals surface area (Å²) in [4.78, 5) is 0. The second-order valence-electron chi connectivity index (χ2n) is 13.5. The van der Waals surface area contributed by atoms with Crippen molar-refractivity contribution in [3.05, 3.63) is 23.3 Å². The van der Waals surface area contributed by atoms with Gasteiger partial charge in [-0.05, 0) is 99.7 Å². The molecule has 208 valence electrons. The summed E-state index contributed by atoms with van der Waals surface area (Å²) in [6, 6.07) is 0. The molecule has 5 fully saturated rings. The van der Waals surface area contributed by atoms with Gasteiger partial charge in [0, 0.05) is 29.5 Å². The summed E-state index contributed by atoms with van der Waals surface area (Å²) in [6.07, 6.45) is 19.4. The van der Waals surface area contributed by atoms with Crippen molar-refractivity contribution in [1.29, 1.82) is 0 Å². The van der Waals surface area contributed by atoms with Gasteiger partial charge in [-0.15, -0.1) is 0 Å². The first-order chi connectivity index (χ1) is 17.9. The zero-order valence-electron chi connectivity index (χ0n) is 23.4. The Hall–Kier alpha value is 0.0500. The smallest absolute Gasteiger partial charge is 0.157 e. The SMILES string of the molecule is CC(CI)[C@H]1CC[C@H]2C3=CC=C4C[C@@H](OC5CCCCO5)C[C@H](OC5CCCCO5)[C@]4(C)[C@H]3CC[C@]12C. The Morgan fingerprint density at radius 1 is 0.919 bits per heavy atom. The first-order valence-corrected chi connectivity index (χ1v) is 17.0. The first kappa shape index (κ1) is 27.2. The molecule has 0 radical (unpaired) electrons. The molecule has 3 saturated carbocycles. The van der Waals surface area contributed by atoms with E-state index in [9.17, 15) is 0 Å². The lowest BCUT2D eigenvalue weighted by Crippen LogP contribution is -2.55. The summed E-state index contributed by atoms with van der Waals surface area (Å²) in [5.74, 6) is 2.98. The third kappa shape index (κ3) is 4.93. The molecule has 10 atom stereocenters. The minimum absolute atomic E-state index is 0.0342. The summed E-state index contributed by atoms with van der Waals surface area (Å²) < 4.78 is 27.0. The maximum Gasteiger partial charge on any atom is 0.157 e. The molecule has 2 aliphatic heterocycles. The van der Waals surface area contributed by atoms with E-state index in [0.717, 1.165) is 69.5 Å². The predicted octanol–water partition coefficient (Wildman–Crippen LogP) is 7.99. The molecule has 0 aromatic carbocycles. The number of hydrogen-bond donors (Lipinski definition) is 0. The standard InChI is InChI=1S/C32H49IO4/c1-21(20-33)25-12-13-26-24-11-10-22-18-23(36-29-8-4-6-16-34-29)19-28(37-30-9-5-7-17-35-30)32(22,3)27(24)14-15-31(25,26)2/h10-11,21,23,25-30H,4-9,12-20H2,1-3H3/t21?,23-,25-,26+,27+,28+,29?,30?,31-,32+/m1/s1. The van der Waals surface area contributed by atoms with E-state index in [1.807, 2.05) is 0 Å². The summed E-state index contributed by atoms with van der Waals surface area (Å²) in [5, 5.41) is 0. The van der Waals surface area contributed by atoms with Crippen molar-refractivity contribution in [1.82, 2.24) is 0 Å². The van der Waals surface area contributed by atoms with Crippen LogP contribution in [0.1, 0.15) is 97.8 Å². The highest BCUT2D eigenvalue weighted by atomic mass is 127. The first-order valence-electron chi connectivity index (χ1n) is 15.4. The van der Waals surface area contributed by atoms with Gasteiger partial charge in [-0.2, -0.15) is 0 Å². The van der Waals surface area contributed by atoms with Crippen molar-refractivity contribution in [3.8, 4) is 0 Å². The van der Waals surface area contributed by atoms with Gasteiger partial charge in [-0.3, -0.25) is 0 Å². The van der Waals surface area contributed by atoms with Gasteiger partial charge in [-0.1, -0.05) is 66.7 Å². The van der Waals surface area contributed by atoms with E-state index in [2.05, 4.69) is 55.5 Å². The van der Waals surface area contributed by atoms with Gasteiger partial charge in [-0.25, -0.2) is 0 Å². The fourth-order valence-electron chi connectivity index (χ4n) is 9.42. The monoisotopic (exact) mass is 624 g/mol. The van der Waals surface area contributed by atoms with Gasteiger partial charge < -0.3 is 18.9 Å². The molecule has 0 spiro atoms. The van der Waals surface area contributed by atoms with Gasteiger partial charge in [0.05, 0.1) is 12.2 Å². The van der Waals surface area contributed by atoms with Crippen LogP contribution in [-0.4, -0.2) is 42.4 Å². The largest absolute Gasteiger partial charge is 0.353 e. The van der Waals surface area contributed by atoms with Gasteiger partial charge in [0.15, 0.2) is 12.6 Å². The van der Waals surface area contributed by atoms with Crippen LogP contribution in [0.3, 0.4) is 0 Å². The van der Waals surface area contributed by atoms with Crippen LogP contribution in [0.25, 0.3) is 0 Å². The Balaban J connectivity index is 1.29. The van der Waals surface area contributed by atoms with Gasteiger partial charge in [0.25, 0.3) is 0 Å². The Morgan fingerprint density at radius 3 is 2.32 bits per heavy atom. The predicted molar refractivity (Wildman–Crippen MR) is 156 cm³/mol. The molecule has 2 heterocycles. The van der Waals surface area contributed by atoms with E-state index in [1.54, 1.807) is 11.1 Å². The zero-order chi connectivity index (χ0) is 25.6. The molecule has 0 aromatic heterocycles. The minimum atomic E-state index is -0.0647. The summed E-state index contributed by atoms with van der Waals surface area (Å²) in [7, 11) is 0. The lowest BCUT2D eigenvalue weighted by atomic mass is 9.49. The Kier molecular flexibility index (Phi) is 8.20. The van der Waals surface area contributed by atoms with Crippen LogP contribution in [0.4, 0.5) is 0 Å². The molecule has 0 aromatic rings. The van der Waals surface area contributed by atoms with Gasteiger partial charge >= 0.3 is 0 Å². The fourth-order valence-corrected chi connectivity index (χ4v) is 10.0. The topological polar surface area (TPSA) is 36.9 Å². The molecular formula is C32H49IO4. The number of halogens is 1. The van der Waals surface area contributed by atoms with Crippen LogP contribution in [0, 0.1) is 34.5 Å². The van der Waals surface area contributed by atoms with Crippen molar-refractivity contribution in [2.45, 2.75) is 123 Å². The van der Waals surface area contributed by atoms with E-state index >= 15 is 0 Å². The molecule has 6 rings (SSSR count). The zero-order valence-corrected chi connectivity index (χ0v) is 25.5. The highest BCUT2D eigenvalue weighted by Crippen LogP contribution is 2.66. The maximum atomic E-state index is 6.97. The Labute approximate surface area is 238 Å². The normalized spacial score (nSPS) is 46.8. The molecule has 37 heavy (non-hydrogen) atoms. The molecular weight excluding hydrogens is 575 g/mol. The van der Waals surface area contributed by atoms with Crippen LogP contribution < -0.4 is 0 Å². The summed E-state index contributed by atoms with van der Waals surface area (Å²) in [6.45, 7) is 9.34. The number of ether oxygens (including phenoxy) is 4. The lowest BCUT2D eigenvalue weighted by Gasteiger charge is -2.58. The molecule has 4 aliphatic carbocycles. The number of rotatable bonds is 6. The molecule has 6 aliphatic rings. The average Bonchev–Trinajstić information content (AvgIpc) is 3.27. The number of hydrogen-bond acceptors (Lipinski definition) is 4. The molecule has 5 heteroatoms. The maximum absolute atomic E-state index is 6.97. The molecule has 3 unspecified atom stereocenters. The van der Waals surface area contributed by atoms with Gasteiger partial charge in [0.1, 0.15) is 0 Å². The van der Waals surface area contributed by atoms with Crippen molar-refractivity contribution in [2.24, 2.45) is 34.5 Å². The number of allylic oxidation sites excluding steroid dienone is 3. The van der Waals surface area contributed by atoms with Crippen molar-refractivity contribution in [3.63, 3.8) is 0 Å². The van der Waals surface area contributed by atoms with Gasteiger partial charge in [0.2, 0.25) is 0 Å². The Morgan fingerprint density at radius 2 is 1.65 bits per heavy atom. The van der Waals surface area contributed by atoms with Crippen LogP contribution >= 0.6 is 22.6 Å². The van der Waals surface area contributed by atoms with E-state index in [1.165, 1.54) is 43.0 Å². The number of fused-ring (bicyclic) bond motifs is 5. The van der Waals surface area contributed by atoms with E-state index in [-0.39, 0.29) is 30.2 Å². The fraction of sp³-hybridized carbons (Fsp3) is 0.875. The molecule has 2 saturated heterocycles. The molecule has 0 bridgehead atoms. The van der Waals surface area contributed by atoms with Crippen molar-refractivity contribution in [2.75, 3.05) is 17.6 Å². The Bertz CT molecular complexity index is 874. The molecule has 0 N–H and O–H groups in total. The minimum Gasteiger partial charge on any atom is -0.353 e.